The molecule has 2 aromatic rings. The zero-order valence-electron chi connectivity index (χ0n) is 16.1. The van der Waals surface area contributed by atoms with Crippen LogP contribution in [0.15, 0.2) is 53.4 Å². The van der Waals surface area contributed by atoms with Gasteiger partial charge in [0.1, 0.15) is 0 Å². The lowest BCUT2D eigenvalue weighted by Crippen LogP contribution is -2.30. The van der Waals surface area contributed by atoms with Gasteiger partial charge in [0, 0.05) is 18.8 Å². The van der Waals surface area contributed by atoms with Crippen molar-refractivity contribution >= 4 is 27.6 Å². The van der Waals surface area contributed by atoms with Crippen molar-refractivity contribution in [2.75, 3.05) is 25.0 Å². The first-order valence-corrected chi connectivity index (χ1v) is 10.4. The number of sulfonamides is 1. The highest BCUT2D eigenvalue weighted by Crippen LogP contribution is 2.18. The van der Waals surface area contributed by atoms with Gasteiger partial charge in [-0.2, -0.15) is 4.31 Å². The van der Waals surface area contributed by atoms with Gasteiger partial charge in [-0.05, 0) is 43.3 Å². The molecule has 1 amide bonds. The van der Waals surface area contributed by atoms with E-state index in [1.54, 1.807) is 38.1 Å². The fourth-order valence-corrected chi connectivity index (χ4v) is 3.98. The lowest BCUT2D eigenvalue weighted by molar-refractivity contribution is -0.119. The molecule has 8 heteroatoms. The Kier molecular flexibility index (Phi) is 7.31. The average molecular weight is 404 g/mol. The van der Waals surface area contributed by atoms with E-state index in [2.05, 4.69) is 5.32 Å². The topological polar surface area (TPSA) is 92.8 Å². The summed E-state index contributed by atoms with van der Waals surface area (Å²) in [5.74, 6) is -1.10. The van der Waals surface area contributed by atoms with E-state index in [0.29, 0.717) is 24.3 Å². The normalized spacial score (nSPS) is 11.3. The van der Waals surface area contributed by atoms with Crippen LogP contribution in [0.25, 0.3) is 0 Å². The Morgan fingerprint density at radius 1 is 0.964 bits per heavy atom. The summed E-state index contributed by atoms with van der Waals surface area (Å²) in [6.45, 7) is 5.77. The van der Waals surface area contributed by atoms with Crippen LogP contribution in [0.5, 0.6) is 0 Å². The second kappa shape index (κ2) is 9.48. The summed E-state index contributed by atoms with van der Waals surface area (Å²) in [4.78, 5) is 24.0. The molecule has 0 aliphatic rings. The number of nitrogens with zero attached hydrogens (tertiary/aromatic N) is 1. The van der Waals surface area contributed by atoms with Crippen molar-refractivity contribution in [3.8, 4) is 0 Å². The number of anilines is 1. The smallest absolute Gasteiger partial charge is 0.338 e. The number of aryl methyl sites for hydroxylation is 1. The van der Waals surface area contributed by atoms with Crippen LogP contribution in [-0.2, 0) is 19.6 Å². The van der Waals surface area contributed by atoms with Crippen LogP contribution in [0, 0.1) is 6.92 Å². The van der Waals surface area contributed by atoms with Crippen LogP contribution >= 0.6 is 0 Å². The van der Waals surface area contributed by atoms with E-state index in [0.717, 1.165) is 5.56 Å². The van der Waals surface area contributed by atoms with E-state index in [1.807, 2.05) is 6.92 Å². The van der Waals surface area contributed by atoms with Crippen molar-refractivity contribution in [2.24, 2.45) is 0 Å². The third-order valence-electron chi connectivity index (χ3n) is 4.10. The standard InChI is InChI=1S/C20H24N2O5S/c1-4-22(5-2)28(25,26)18-12-10-17(11-13-18)21-19(23)14-27-20(24)16-8-6-15(3)7-9-16/h6-13H,4-5,14H2,1-3H3,(H,21,23). The third-order valence-corrected chi connectivity index (χ3v) is 6.17. The minimum atomic E-state index is -3.55. The predicted octanol–water partition coefficient (Wildman–Crippen LogP) is 2.82. The van der Waals surface area contributed by atoms with E-state index in [-0.39, 0.29) is 4.90 Å². The van der Waals surface area contributed by atoms with Gasteiger partial charge in [0.15, 0.2) is 6.61 Å². The minimum absolute atomic E-state index is 0.153. The molecular formula is C20H24N2O5S. The molecule has 7 nitrogen and oxygen atoms in total. The van der Waals surface area contributed by atoms with Crippen molar-refractivity contribution < 1.29 is 22.7 Å². The van der Waals surface area contributed by atoms with Crippen LogP contribution < -0.4 is 5.32 Å². The summed E-state index contributed by atoms with van der Waals surface area (Å²) in [5.41, 5.74) is 1.79. The molecule has 150 valence electrons. The number of esters is 1. The Bertz CT molecular complexity index is 918. The quantitative estimate of drug-likeness (QED) is 0.683. The van der Waals surface area contributed by atoms with Gasteiger partial charge in [-0.15, -0.1) is 0 Å². The maximum absolute atomic E-state index is 12.4. The monoisotopic (exact) mass is 404 g/mol. The number of hydrogen-bond donors (Lipinski definition) is 1. The number of rotatable bonds is 8. The second-order valence-corrected chi connectivity index (χ2v) is 8.04. The number of carbonyl (C=O) groups is 2. The van der Waals surface area contributed by atoms with Crippen LogP contribution in [0.4, 0.5) is 5.69 Å². The van der Waals surface area contributed by atoms with Crippen LogP contribution in [0.3, 0.4) is 0 Å². The van der Waals surface area contributed by atoms with E-state index < -0.39 is 28.5 Å². The molecule has 0 aliphatic carbocycles. The summed E-state index contributed by atoms with van der Waals surface area (Å²) in [5, 5.41) is 2.57. The molecule has 0 unspecified atom stereocenters. The number of carbonyl (C=O) groups excluding carboxylic acids is 2. The molecule has 2 rings (SSSR count). The van der Waals surface area contributed by atoms with Gasteiger partial charge >= 0.3 is 5.97 Å². The van der Waals surface area contributed by atoms with E-state index in [4.69, 9.17) is 4.74 Å². The zero-order valence-corrected chi connectivity index (χ0v) is 17.0. The SMILES string of the molecule is CCN(CC)S(=O)(=O)c1ccc(NC(=O)COC(=O)c2ccc(C)cc2)cc1. The molecule has 0 aromatic heterocycles. The molecule has 0 fully saturated rings. The molecule has 0 spiro atoms. The van der Waals surface area contributed by atoms with Crippen LogP contribution in [-0.4, -0.2) is 44.3 Å². The predicted molar refractivity (Wildman–Crippen MR) is 107 cm³/mol. The Hall–Kier alpha value is -2.71. The third kappa shape index (κ3) is 5.40. The van der Waals surface area contributed by atoms with E-state index in [9.17, 15) is 18.0 Å². The summed E-state index contributed by atoms with van der Waals surface area (Å²) < 4.78 is 31.2. The Morgan fingerprint density at radius 3 is 2.07 bits per heavy atom. The van der Waals surface area contributed by atoms with Gasteiger partial charge in [-0.1, -0.05) is 31.5 Å². The van der Waals surface area contributed by atoms with Crippen LogP contribution in [0.2, 0.25) is 0 Å². The van der Waals surface area contributed by atoms with E-state index >= 15 is 0 Å². The lowest BCUT2D eigenvalue weighted by Gasteiger charge is -2.18. The molecule has 0 heterocycles. The number of ether oxygens (including phenoxy) is 1. The highest BCUT2D eigenvalue weighted by molar-refractivity contribution is 7.89. The maximum Gasteiger partial charge on any atom is 0.338 e. The number of benzene rings is 2. The number of nitrogens with one attached hydrogen (secondary N) is 1. The minimum Gasteiger partial charge on any atom is -0.452 e. The van der Waals surface area contributed by atoms with Gasteiger partial charge in [-0.3, -0.25) is 4.79 Å². The van der Waals surface area contributed by atoms with Crippen LogP contribution in [0.1, 0.15) is 29.8 Å². The molecule has 28 heavy (non-hydrogen) atoms. The fourth-order valence-electron chi connectivity index (χ4n) is 2.52. The van der Waals surface area contributed by atoms with Gasteiger partial charge < -0.3 is 10.1 Å². The molecule has 0 saturated carbocycles. The summed E-state index contributed by atoms with van der Waals surface area (Å²) in [7, 11) is -3.55. The van der Waals surface area contributed by atoms with Gasteiger partial charge in [0.2, 0.25) is 10.0 Å². The molecule has 1 N–H and O–H groups in total. The highest BCUT2D eigenvalue weighted by Gasteiger charge is 2.21. The first-order valence-electron chi connectivity index (χ1n) is 8.91. The second-order valence-electron chi connectivity index (χ2n) is 6.10. The van der Waals surface area contributed by atoms with Crippen molar-refractivity contribution in [3.05, 3.63) is 59.7 Å². The molecule has 0 radical (unpaired) electrons. The van der Waals surface area contributed by atoms with Crippen molar-refractivity contribution in [1.82, 2.24) is 4.31 Å². The number of amides is 1. The molecular weight excluding hydrogens is 380 g/mol. The Balaban J connectivity index is 1.94. The first-order chi connectivity index (χ1) is 13.3. The Labute approximate surface area is 165 Å². The van der Waals surface area contributed by atoms with Gasteiger partial charge in [-0.25, -0.2) is 13.2 Å². The zero-order chi connectivity index (χ0) is 20.7. The van der Waals surface area contributed by atoms with Crippen molar-refractivity contribution in [1.29, 1.82) is 0 Å². The molecule has 2 aromatic carbocycles. The number of hydrogen-bond acceptors (Lipinski definition) is 5. The van der Waals surface area contributed by atoms with Gasteiger partial charge in [0.25, 0.3) is 5.91 Å². The van der Waals surface area contributed by atoms with E-state index in [1.165, 1.54) is 28.6 Å². The lowest BCUT2D eigenvalue weighted by atomic mass is 10.1. The maximum atomic E-state index is 12.4. The fraction of sp³-hybridized carbons (Fsp3) is 0.300. The summed E-state index contributed by atoms with van der Waals surface area (Å²) in [6, 6.07) is 12.7. The Morgan fingerprint density at radius 2 is 1.54 bits per heavy atom. The molecule has 0 saturated heterocycles. The molecule has 0 aliphatic heterocycles. The largest absolute Gasteiger partial charge is 0.452 e. The molecule has 0 bridgehead atoms. The summed E-state index contributed by atoms with van der Waals surface area (Å²) >= 11 is 0. The highest BCUT2D eigenvalue weighted by atomic mass is 32.2. The first kappa shape index (κ1) is 21.6. The summed E-state index contributed by atoms with van der Waals surface area (Å²) in [6.07, 6.45) is 0. The van der Waals surface area contributed by atoms with Crippen molar-refractivity contribution in [3.63, 3.8) is 0 Å². The molecule has 0 atom stereocenters. The van der Waals surface area contributed by atoms with Crippen molar-refractivity contribution in [2.45, 2.75) is 25.7 Å². The van der Waals surface area contributed by atoms with Gasteiger partial charge in [0.05, 0.1) is 10.5 Å². The average Bonchev–Trinajstić information content (AvgIpc) is 2.68.